The number of guanidine groups is 1. The van der Waals surface area contributed by atoms with Crippen LogP contribution >= 0.6 is 24.0 Å². The van der Waals surface area contributed by atoms with Gasteiger partial charge in [-0.1, -0.05) is 18.9 Å². The molecule has 0 aliphatic heterocycles. The van der Waals surface area contributed by atoms with E-state index in [1.54, 1.807) is 11.1 Å². The molecule has 0 spiro atoms. The number of rotatable bonds is 6. The van der Waals surface area contributed by atoms with Gasteiger partial charge in [-0.25, -0.2) is 4.99 Å². The number of carbonyl (C=O) groups excluding carboxylic acids is 1. The molecule has 6 nitrogen and oxygen atoms in total. The smallest absolute Gasteiger partial charge is 0.230 e. The van der Waals surface area contributed by atoms with Crippen LogP contribution in [0.25, 0.3) is 0 Å². The van der Waals surface area contributed by atoms with Gasteiger partial charge in [-0.2, -0.15) is 0 Å². The van der Waals surface area contributed by atoms with Gasteiger partial charge in [0.15, 0.2) is 5.96 Å². The Bertz CT molecular complexity index is 556. The first-order chi connectivity index (χ1) is 11.6. The van der Waals surface area contributed by atoms with E-state index in [4.69, 9.17) is 0 Å². The van der Waals surface area contributed by atoms with E-state index in [-0.39, 0.29) is 35.3 Å². The van der Waals surface area contributed by atoms with E-state index < -0.39 is 0 Å². The molecule has 1 amide bonds. The number of aromatic nitrogens is 1. The molecule has 0 saturated heterocycles. The van der Waals surface area contributed by atoms with Crippen molar-refractivity contribution in [1.82, 2.24) is 20.5 Å². The van der Waals surface area contributed by atoms with Crippen LogP contribution in [0.4, 0.5) is 0 Å². The van der Waals surface area contributed by atoms with Gasteiger partial charge in [0.25, 0.3) is 0 Å². The number of hydrogen-bond donors (Lipinski definition) is 2. The minimum Gasteiger partial charge on any atom is -0.357 e. The standard InChI is InChI=1S/C18H29N5O.HI/c1-4-19-17(21-13-15-9-5-8-12-20-15)22-14-18(10-6-7-11-18)16(24)23(2)3;/h5,8-9,12H,4,6-7,10-11,13-14H2,1-3H3,(H2,19,21,22);1H. The second-order valence-electron chi connectivity index (χ2n) is 6.56. The fourth-order valence-corrected chi connectivity index (χ4v) is 3.24. The van der Waals surface area contributed by atoms with Crippen LogP contribution in [0.15, 0.2) is 29.4 Å². The molecule has 0 atom stereocenters. The van der Waals surface area contributed by atoms with Crippen LogP contribution in [0.3, 0.4) is 0 Å². The fourth-order valence-electron chi connectivity index (χ4n) is 3.24. The van der Waals surface area contributed by atoms with Crippen molar-refractivity contribution < 1.29 is 4.79 Å². The quantitative estimate of drug-likeness (QED) is 0.390. The van der Waals surface area contributed by atoms with Crippen LogP contribution in [-0.4, -0.2) is 48.9 Å². The summed E-state index contributed by atoms with van der Waals surface area (Å²) >= 11 is 0. The van der Waals surface area contributed by atoms with Crippen molar-refractivity contribution in [2.45, 2.75) is 39.2 Å². The topological polar surface area (TPSA) is 69.6 Å². The summed E-state index contributed by atoms with van der Waals surface area (Å²) in [5.74, 6) is 0.953. The monoisotopic (exact) mass is 459 g/mol. The van der Waals surface area contributed by atoms with Gasteiger partial charge < -0.3 is 15.5 Å². The molecule has 1 heterocycles. The minimum atomic E-state index is -0.301. The zero-order chi connectivity index (χ0) is 17.4. The lowest BCUT2D eigenvalue weighted by Crippen LogP contribution is -2.49. The van der Waals surface area contributed by atoms with Gasteiger partial charge >= 0.3 is 0 Å². The lowest BCUT2D eigenvalue weighted by molar-refractivity contribution is -0.138. The highest BCUT2D eigenvalue weighted by molar-refractivity contribution is 14.0. The molecule has 1 aliphatic carbocycles. The summed E-state index contributed by atoms with van der Waals surface area (Å²) in [4.78, 5) is 23.2. The first kappa shape index (κ1) is 21.7. The Morgan fingerprint density at radius 1 is 1.28 bits per heavy atom. The summed E-state index contributed by atoms with van der Waals surface area (Å²) in [5, 5.41) is 6.62. The predicted octanol–water partition coefficient (Wildman–Crippen LogP) is 2.40. The molecule has 0 aromatic carbocycles. The molecule has 1 fully saturated rings. The van der Waals surface area contributed by atoms with Crippen LogP contribution in [0.5, 0.6) is 0 Å². The number of amides is 1. The predicted molar refractivity (Wildman–Crippen MR) is 112 cm³/mol. The Morgan fingerprint density at radius 2 is 2.00 bits per heavy atom. The number of nitrogens with zero attached hydrogens (tertiary/aromatic N) is 3. The maximum atomic E-state index is 12.6. The number of hydrogen-bond acceptors (Lipinski definition) is 3. The number of nitrogens with one attached hydrogen (secondary N) is 2. The molecule has 2 N–H and O–H groups in total. The van der Waals surface area contributed by atoms with E-state index in [1.807, 2.05) is 39.2 Å². The molecular formula is C18H30IN5O. The molecule has 7 heteroatoms. The van der Waals surface area contributed by atoms with Gasteiger partial charge in [-0.3, -0.25) is 9.78 Å². The van der Waals surface area contributed by atoms with E-state index in [9.17, 15) is 4.79 Å². The number of pyridine rings is 1. The summed E-state index contributed by atoms with van der Waals surface area (Å²) in [6, 6.07) is 5.82. The molecule has 0 bridgehead atoms. The fraction of sp³-hybridized carbons (Fsp3) is 0.611. The van der Waals surface area contributed by atoms with Crippen molar-refractivity contribution in [2.75, 3.05) is 27.2 Å². The van der Waals surface area contributed by atoms with Crippen molar-refractivity contribution in [3.8, 4) is 0 Å². The van der Waals surface area contributed by atoms with Crippen molar-refractivity contribution in [2.24, 2.45) is 10.4 Å². The van der Waals surface area contributed by atoms with Gasteiger partial charge in [0.2, 0.25) is 5.91 Å². The molecule has 1 saturated carbocycles. The van der Waals surface area contributed by atoms with Crippen LogP contribution in [0.2, 0.25) is 0 Å². The average molecular weight is 459 g/mol. The molecular weight excluding hydrogens is 429 g/mol. The molecule has 1 aliphatic rings. The first-order valence-corrected chi connectivity index (χ1v) is 8.71. The Kier molecular flexibility index (Phi) is 9.16. The average Bonchev–Trinajstić information content (AvgIpc) is 3.07. The van der Waals surface area contributed by atoms with Crippen molar-refractivity contribution in [3.63, 3.8) is 0 Å². The molecule has 0 unspecified atom stereocenters. The number of aliphatic imine (C=N–C) groups is 1. The summed E-state index contributed by atoms with van der Waals surface area (Å²) < 4.78 is 0. The third kappa shape index (κ3) is 6.13. The Morgan fingerprint density at radius 3 is 2.56 bits per heavy atom. The van der Waals surface area contributed by atoms with Gasteiger partial charge in [0, 0.05) is 33.4 Å². The Balaban J connectivity index is 0.00000312. The van der Waals surface area contributed by atoms with E-state index >= 15 is 0 Å². The zero-order valence-corrected chi connectivity index (χ0v) is 17.7. The van der Waals surface area contributed by atoms with Crippen molar-refractivity contribution >= 4 is 35.8 Å². The number of halogens is 1. The lowest BCUT2D eigenvalue weighted by atomic mass is 9.84. The third-order valence-electron chi connectivity index (χ3n) is 4.48. The molecule has 1 aromatic rings. The normalized spacial score (nSPS) is 16.0. The maximum absolute atomic E-state index is 12.6. The van der Waals surface area contributed by atoms with Gasteiger partial charge in [-0.05, 0) is 31.9 Å². The number of carbonyl (C=O) groups is 1. The lowest BCUT2D eigenvalue weighted by Gasteiger charge is -2.31. The highest BCUT2D eigenvalue weighted by Crippen LogP contribution is 2.38. The van der Waals surface area contributed by atoms with Gasteiger partial charge in [-0.15, -0.1) is 24.0 Å². The molecule has 1 aromatic heterocycles. The van der Waals surface area contributed by atoms with Crippen LogP contribution in [0, 0.1) is 5.41 Å². The second kappa shape index (κ2) is 10.6. The second-order valence-corrected chi connectivity index (χ2v) is 6.56. The van der Waals surface area contributed by atoms with Crippen molar-refractivity contribution in [1.29, 1.82) is 0 Å². The summed E-state index contributed by atoms with van der Waals surface area (Å²) in [6.07, 6.45) is 5.88. The van der Waals surface area contributed by atoms with E-state index in [2.05, 4.69) is 20.6 Å². The van der Waals surface area contributed by atoms with Crippen LogP contribution in [-0.2, 0) is 11.3 Å². The maximum Gasteiger partial charge on any atom is 0.230 e. The summed E-state index contributed by atoms with van der Waals surface area (Å²) in [6.45, 7) is 3.96. The zero-order valence-electron chi connectivity index (χ0n) is 15.4. The van der Waals surface area contributed by atoms with E-state index in [0.717, 1.165) is 43.9 Å². The van der Waals surface area contributed by atoms with Crippen molar-refractivity contribution in [3.05, 3.63) is 30.1 Å². The van der Waals surface area contributed by atoms with Gasteiger partial charge in [0.05, 0.1) is 17.7 Å². The van der Waals surface area contributed by atoms with E-state index in [0.29, 0.717) is 13.1 Å². The molecule has 140 valence electrons. The molecule has 2 rings (SSSR count). The molecule has 25 heavy (non-hydrogen) atoms. The van der Waals surface area contributed by atoms with Gasteiger partial charge in [0.1, 0.15) is 0 Å². The highest BCUT2D eigenvalue weighted by Gasteiger charge is 2.42. The summed E-state index contributed by atoms with van der Waals surface area (Å²) in [7, 11) is 3.67. The largest absolute Gasteiger partial charge is 0.357 e. The highest BCUT2D eigenvalue weighted by atomic mass is 127. The van der Waals surface area contributed by atoms with Crippen LogP contribution < -0.4 is 10.6 Å². The van der Waals surface area contributed by atoms with Crippen LogP contribution in [0.1, 0.15) is 38.3 Å². The first-order valence-electron chi connectivity index (χ1n) is 8.71. The van der Waals surface area contributed by atoms with E-state index in [1.165, 1.54) is 0 Å². The molecule has 0 radical (unpaired) electrons. The summed E-state index contributed by atoms with van der Waals surface area (Å²) in [5.41, 5.74) is 0.625. The Hall–Kier alpha value is -1.38. The SMILES string of the molecule is CCNC(=NCc1ccccn1)NCC1(C(=O)N(C)C)CCCC1.I. The minimum absolute atomic E-state index is 0. The Labute approximate surface area is 167 Å². The third-order valence-corrected chi connectivity index (χ3v) is 4.48.